The second-order valence-electron chi connectivity index (χ2n) is 24.2. The molecule has 1 saturated carbocycles. The Labute approximate surface area is 473 Å². The molecule has 1 fully saturated rings. The highest BCUT2D eigenvalue weighted by Crippen LogP contribution is 2.34. The van der Waals surface area contributed by atoms with Crippen molar-refractivity contribution in [1.29, 1.82) is 0 Å². The molecule has 0 heterocycles. The van der Waals surface area contributed by atoms with Gasteiger partial charge in [-0.15, -0.1) is 0 Å². The molecule has 2 atom stereocenters. The zero-order chi connectivity index (χ0) is 54.5. The van der Waals surface area contributed by atoms with Gasteiger partial charge in [0.2, 0.25) is 0 Å². The lowest BCUT2D eigenvalue weighted by Crippen LogP contribution is -2.50. The molecule has 0 aliphatic heterocycles. The van der Waals surface area contributed by atoms with E-state index in [1.807, 2.05) is 18.2 Å². The van der Waals surface area contributed by atoms with Crippen LogP contribution in [0.5, 0.6) is 5.75 Å². The molecule has 1 aliphatic rings. The van der Waals surface area contributed by atoms with Crippen LogP contribution in [0, 0.1) is 5.92 Å². The van der Waals surface area contributed by atoms with E-state index in [-0.39, 0.29) is 36.6 Å². The van der Waals surface area contributed by atoms with Crippen LogP contribution in [0.4, 0.5) is 0 Å². The zero-order valence-corrected chi connectivity index (χ0v) is 51.4. The van der Waals surface area contributed by atoms with Crippen LogP contribution in [0.2, 0.25) is 0 Å². The van der Waals surface area contributed by atoms with Gasteiger partial charge in [-0.2, -0.15) is 0 Å². The molecule has 0 aromatic heterocycles. The Hall–Kier alpha value is -1.47. The molecule has 0 radical (unpaired) electrons. The van der Waals surface area contributed by atoms with Crippen LogP contribution in [-0.4, -0.2) is 56.1 Å². The van der Waals surface area contributed by atoms with Gasteiger partial charge in [-0.25, -0.2) is 0 Å². The number of rotatable bonds is 59. The molecule has 1 aliphatic carbocycles. The lowest BCUT2D eigenvalue weighted by atomic mass is 9.79. The molecule has 446 valence electrons. The van der Waals surface area contributed by atoms with Crippen molar-refractivity contribution in [2.24, 2.45) is 5.92 Å². The van der Waals surface area contributed by atoms with Gasteiger partial charge in [-0.3, -0.25) is 4.79 Å². The van der Waals surface area contributed by atoms with Crippen molar-refractivity contribution < 1.29 is 28.8 Å². The summed E-state index contributed by atoms with van der Waals surface area (Å²) in [5.74, 6) is 0.728. The van der Waals surface area contributed by atoms with Gasteiger partial charge in [-0.1, -0.05) is 322 Å². The Kier molecular flexibility index (Phi) is 50.3. The molecule has 0 bridgehead atoms. The molecule has 6 heteroatoms. The number of carbonyl (C=O) groups excluding carboxylic acids is 1. The van der Waals surface area contributed by atoms with Crippen molar-refractivity contribution >= 4 is 5.78 Å². The first-order valence-electron chi connectivity index (χ1n) is 34.2. The quantitative estimate of drug-likeness (QED) is 0.0655. The molecule has 76 heavy (non-hydrogen) atoms. The van der Waals surface area contributed by atoms with E-state index < -0.39 is 0 Å². The number of unbranched alkanes of at least 4 members (excludes halogenated alkanes) is 45. The van der Waals surface area contributed by atoms with Crippen LogP contribution in [0.1, 0.15) is 353 Å². The molecule has 1 aromatic rings. The van der Waals surface area contributed by atoms with Gasteiger partial charge in [0.15, 0.2) is 0 Å². The summed E-state index contributed by atoms with van der Waals surface area (Å²) in [4.78, 5) is 14.3. The fraction of sp³-hybridized carbons (Fsp3) is 0.900. The minimum absolute atomic E-state index is 0.0856. The Balaban J connectivity index is 1.90. The van der Waals surface area contributed by atoms with Crippen molar-refractivity contribution in [2.75, 3.05) is 26.9 Å². The fourth-order valence-electron chi connectivity index (χ4n) is 12.0. The molecular formula is C70H130O6. The summed E-state index contributed by atoms with van der Waals surface area (Å²) in [6, 6.07) is 5.78. The van der Waals surface area contributed by atoms with E-state index in [0.29, 0.717) is 38.2 Å². The van der Waals surface area contributed by atoms with Gasteiger partial charge in [0.05, 0.1) is 25.9 Å². The van der Waals surface area contributed by atoms with E-state index in [9.17, 15) is 9.90 Å². The van der Waals surface area contributed by atoms with Gasteiger partial charge in [-0.05, 0) is 43.7 Å². The Morgan fingerprint density at radius 1 is 0.408 bits per heavy atom. The highest BCUT2D eigenvalue weighted by molar-refractivity contribution is 5.83. The van der Waals surface area contributed by atoms with Crippen LogP contribution < -0.4 is 4.74 Å². The molecule has 1 N–H and O–H groups in total. The predicted octanol–water partition coefficient (Wildman–Crippen LogP) is 21.6. The standard InChI is InChI=1S/C70H130O6/c1-5-8-11-14-17-20-23-26-29-32-35-38-41-44-47-50-55-74-68-60-65(66(72)58-63-53-54-64(62-71)67(59-63)73-4)61-69(75-56-51-48-45-42-39-36-33-30-27-24-21-18-15-12-9-6-2)70(68)76-57-52-49-46-43-40-37-34-31-28-25-22-19-16-13-10-7-3/h53-54,59,65,68-71H,5-52,55-58,60-62H2,1-4H3. The van der Waals surface area contributed by atoms with E-state index >= 15 is 0 Å². The molecule has 0 spiro atoms. The van der Waals surface area contributed by atoms with Crippen LogP contribution in [-0.2, 0) is 32.0 Å². The normalized spacial score (nSPS) is 16.8. The SMILES string of the molecule is CCCCCCCCCCCCCCCCCCOC1CC(C(=O)Cc2ccc(CO)c(OC)c2)CC(OCCCCCCCCCCCCCCCCCC)C1OCCCCCCCCCCCCCCCCCC. The van der Waals surface area contributed by atoms with Gasteiger partial charge in [0, 0.05) is 37.7 Å². The van der Waals surface area contributed by atoms with E-state index in [2.05, 4.69) is 20.8 Å². The highest BCUT2D eigenvalue weighted by atomic mass is 16.6. The second-order valence-corrected chi connectivity index (χ2v) is 24.2. The Bertz CT molecular complexity index is 1320. The molecule has 0 saturated heterocycles. The smallest absolute Gasteiger partial charge is 0.140 e. The number of aliphatic hydroxyl groups is 1. The first kappa shape index (κ1) is 70.6. The largest absolute Gasteiger partial charge is 0.496 e. The number of ether oxygens (including phenoxy) is 4. The minimum Gasteiger partial charge on any atom is -0.496 e. The number of aliphatic hydroxyl groups excluding tert-OH is 1. The third-order valence-electron chi connectivity index (χ3n) is 17.1. The first-order chi connectivity index (χ1) is 37.6. The second kappa shape index (κ2) is 54.1. The van der Waals surface area contributed by atoms with E-state index in [1.54, 1.807) is 7.11 Å². The molecule has 2 rings (SSSR count). The van der Waals surface area contributed by atoms with Crippen LogP contribution in [0.15, 0.2) is 18.2 Å². The number of hydrogen-bond acceptors (Lipinski definition) is 6. The van der Waals surface area contributed by atoms with Gasteiger partial charge in [0.25, 0.3) is 0 Å². The number of Topliss-reactive ketones (excluding diaryl/α,β-unsaturated/α-hetero) is 1. The monoisotopic (exact) mass is 1070 g/mol. The number of hydrogen-bond donors (Lipinski definition) is 1. The van der Waals surface area contributed by atoms with Crippen molar-refractivity contribution in [3.8, 4) is 5.75 Å². The molecule has 6 nitrogen and oxygen atoms in total. The summed E-state index contributed by atoms with van der Waals surface area (Å²) in [6.07, 6.45) is 66.4. The molecule has 2 unspecified atom stereocenters. The third-order valence-corrected chi connectivity index (χ3v) is 17.1. The maximum absolute atomic E-state index is 14.3. The molecular weight excluding hydrogens is 937 g/mol. The van der Waals surface area contributed by atoms with Crippen molar-refractivity contribution in [2.45, 2.75) is 373 Å². The summed E-state index contributed by atoms with van der Waals surface area (Å²) in [6.45, 7) is 8.98. The Morgan fingerprint density at radius 3 is 0.961 bits per heavy atom. The predicted molar refractivity (Wildman–Crippen MR) is 328 cm³/mol. The Morgan fingerprint density at radius 2 is 0.684 bits per heavy atom. The van der Waals surface area contributed by atoms with Gasteiger partial charge < -0.3 is 24.1 Å². The van der Waals surface area contributed by atoms with Crippen LogP contribution >= 0.6 is 0 Å². The van der Waals surface area contributed by atoms with E-state index in [0.717, 1.165) is 37.0 Å². The number of benzene rings is 1. The number of ketones is 1. The van der Waals surface area contributed by atoms with Gasteiger partial charge >= 0.3 is 0 Å². The summed E-state index contributed by atoms with van der Waals surface area (Å²) in [7, 11) is 1.63. The maximum atomic E-state index is 14.3. The summed E-state index contributed by atoms with van der Waals surface area (Å²) < 4.78 is 26.2. The number of carbonyl (C=O) groups is 1. The highest BCUT2D eigenvalue weighted by Gasteiger charge is 2.42. The topological polar surface area (TPSA) is 74.2 Å². The molecule has 0 amide bonds. The van der Waals surface area contributed by atoms with Crippen LogP contribution in [0.3, 0.4) is 0 Å². The van der Waals surface area contributed by atoms with Crippen molar-refractivity contribution in [3.63, 3.8) is 0 Å². The molecule has 1 aromatic carbocycles. The number of methoxy groups -OCH3 is 1. The van der Waals surface area contributed by atoms with E-state index in [4.69, 9.17) is 18.9 Å². The minimum atomic E-state index is -0.151. The average Bonchev–Trinajstić information content (AvgIpc) is 3.43. The van der Waals surface area contributed by atoms with Crippen molar-refractivity contribution in [3.05, 3.63) is 29.3 Å². The summed E-state index contributed by atoms with van der Waals surface area (Å²) >= 11 is 0. The summed E-state index contributed by atoms with van der Waals surface area (Å²) in [5, 5.41) is 9.85. The van der Waals surface area contributed by atoms with Gasteiger partial charge in [0.1, 0.15) is 17.6 Å². The average molecular weight is 1070 g/mol. The first-order valence-corrected chi connectivity index (χ1v) is 34.2. The van der Waals surface area contributed by atoms with Crippen molar-refractivity contribution in [1.82, 2.24) is 0 Å². The lowest BCUT2D eigenvalue weighted by molar-refractivity contribution is -0.173. The van der Waals surface area contributed by atoms with Crippen LogP contribution in [0.25, 0.3) is 0 Å². The van der Waals surface area contributed by atoms with E-state index in [1.165, 1.54) is 289 Å². The zero-order valence-electron chi connectivity index (χ0n) is 51.4. The lowest BCUT2D eigenvalue weighted by Gasteiger charge is -2.41. The third kappa shape index (κ3) is 39.8. The fourth-order valence-corrected chi connectivity index (χ4v) is 12.0. The summed E-state index contributed by atoms with van der Waals surface area (Å²) in [5.41, 5.74) is 1.67. The maximum Gasteiger partial charge on any atom is 0.140 e.